The minimum absolute atomic E-state index is 0.0944. The second kappa shape index (κ2) is 7.59. The van der Waals surface area contributed by atoms with E-state index in [1.165, 1.54) is 5.56 Å². The molecule has 0 bridgehead atoms. The normalized spacial score (nSPS) is 10.3. The molecule has 1 N–H and O–H groups in total. The van der Waals surface area contributed by atoms with Crippen molar-refractivity contribution < 1.29 is 4.79 Å². The van der Waals surface area contributed by atoms with Crippen LogP contribution in [0.4, 0.5) is 5.69 Å². The SMILES string of the molecule is CCN(CC)c1cncc(C(=O)NCc2cccc(C)c2)c1. The average Bonchev–Trinajstić information content (AvgIpc) is 2.54. The van der Waals surface area contributed by atoms with Crippen LogP contribution in [0.25, 0.3) is 0 Å². The van der Waals surface area contributed by atoms with E-state index in [9.17, 15) is 4.79 Å². The number of amides is 1. The summed E-state index contributed by atoms with van der Waals surface area (Å²) < 4.78 is 0. The Balaban J connectivity index is 2.05. The Bertz CT molecular complexity index is 636. The van der Waals surface area contributed by atoms with Gasteiger partial charge in [0.05, 0.1) is 17.4 Å². The van der Waals surface area contributed by atoms with Crippen molar-refractivity contribution in [1.82, 2.24) is 10.3 Å². The first-order valence-electron chi connectivity index (χ1n) is 7.67. The van der Waals surface area contributed by atoms with Gasteiger partial charge in [-0.15, -0.1) is 0 Å². The van der Waals surface area contributed by atoms with Gasteiger partial charge in [0, 0.05) is 25.8 Å². The highest BCUT2D eigenvalue weighted by atomic mass is 16.1. The van der Waals surface area contributed by atoms with E-state index in [1.54, 1.807) is 12.4 Å². The fourth-order valence-corrected chi connectivity index (χ4v) is 2.42. The van der Waals surface area contributed by atoms with Crippen LogP contribution >= 0.6 is 0 Å². The van der Waals surface area contributed by atoms with Crippen LogP contribution in [0.2, 0.25) is 0 Å². The standard InChI is InChI=1S/C18H23N3O/c1-4-21(5-2)17-10-16(12-19-13-17)18(22)20-11-15-8-6-7-14(3)9-15/h6-10,12-13H,4-5,11H2,1-3H3,(H,20,22). The number of aromatic nitrogens is 1. The Morgan fingerprint density at radius 3 is 2.64 bits per heavy atom. The van der Waals surface area contributed by atoms with Gasteiger partial charge in [0.25, 0.3) is 5.91 Å². The molecule has 0 aliphatic carbocycles. The smallest absolute Gasteiger partial charge is 0.253 e. The minimum Gasteiger partial charge on any atom is -0.371 e. The summed E-state index contributed by atoms with van der Waals surface area (Å²) in [7, 11) is 0. The number of hydrogen-bond acceptors (Lipinski definition) is 3. The summed E-state index contributed by atoms with van der Waals surface area (Å²) in [4.78, 5) is 18.6. The highest BCUT2D eigenvalue weighted by molar-refractivity contribution is 5.94. The van der Waals surface area contributed by atoms with Crippen LogP contribution in [0, 0.1) is 6.92 Å². The highest BCUT2D eigenvalue weighted by Gasteiger charge is 2.09. The van der Waals surface area contributed by atoms with E-state index in [1.807, 2.05) is 31.2 Å². The zero-order valence-corrected chi connectivity index (χ0v) is 13.5. The Kier molecular flexibility index (Phi) is 5.53. The Labute approximate surface area is 132 Å². The maximum atomic E-state index is 12.3. The van der Waals surface area contributed by atoms with Gasteiger partial charge in [-0.25, -0.2) is 0 Å². The van der Waals surface area contributed by atoms with Crippen LogP contribution in [-0.4, -0.2) is 24.0 Å². The molecule has 0 atom stereocenters. The number of rotatable bonds is 6. The first kappa shape index (κ1) is 16.0. The molecule has 4 heteroatoms. The van der Waals surface area contributed by atoms with Gasteiger partial charge in [0.2, 0.25) is 0 Å². The van der Waals surface area contributed by atoms with Gasteiger partial charge in [-0.05, 0) is 32.4 Å². The molecule has 0 fully saturated rings. The quantitative estimate of drug-likeness (QED) is 0.891. The summed E-state index contributed by atoms with van der Waals surface area (Å²) in [5, 5.41) is 2.95. The third-order valence-electron chi connectivity index (χ3n) is 3.65. The van der Waals surface area contributed by atoms with E-state index in [2.05, 4.69) is 35.1 Å². The molecule has 0 spiro atoms. The van der Waals surface area contributed by atoms with Crippen molar-refractivity contribution in [3.63, 3.8) is 0 Å². The minimum atomic E-state index is -0.0944. The van der Waals surface area contributed by atoms with E-state index in [0.29, 0.717) is 12.1 Å². The summed E-state index contributed by atoms with van der Waals surface area (Å²) in [6, 6.07) is 10.0. The first-order chi connectivity index (χ1) is 10.6. The van der Waals surface area contributed by atoms with Crippen LogP contribution < -0.4 is 10.2 Å². The third kappa shape index (κ3) is 4.07. The molecule has 2 aromatic rings. The molecule has 116 valence electrons. The lowest BCUT2D eigenvalue weighted by Crippen LogP contribution is -2.25. The van der Waals surface area contributed by atoms with Crippen molar-refractivity contribution in [3.8, 4) is 0 Å². The van der Waals surface area contributed by atoms with Crippen LogP contribution in [0.3, 0.4) is 0 Å². The predicted molar refractivity (Wildman–Crippen MR) is 90.1 cm³/mol. The number of benzene rings is 1. The molecule has 1 amide bonds. The second-order valence-electron chi connectivity index (χ2n) is 5.28. The van der Waals surface area contributed by atoms with Crippen molar-refractivity contribution in [2.75, 3.05) is 18.0 Å². The van der Waals surface area contributed by atoms with Crippen molar-refractivity contribution in [3.05, 3.63) is 59.4 Å². The molecule has 1 heterocycles. The molecular weight excluding hydrogens is 274 g/mol. The summed E-state index contributed by atoms with van der Waals surface area (Å²) in [5.41, 5.74) is 3.86. The van der Waals surface area contributed by atoms with Crippen LogP contribution in [0.15, 0.2) is 42.7 Å². The monoisotopic (exact) mass is 297 g/mol. The lowest BCUT2D eigenvalue weighted by Gasteiger charge is -2.20. The maximum Gasteiger partial charge on any atom is 0.253 e. The lowest BCUT2D eigenvalue weighted by molar-refractivity contribution is 0.0950. The molecule has 0 aliphatic heterocycles. The van der Waals surface area contributed by atoms with E-state index in [4.69, 9.17) is 0 Å². The number of carbonyl (C=O) groups excluding carboxylic acids is 1. The van der Waals surface area contributed by atoms with E-state index >= 15 is 0 Å². The summed E-state index contributed by atoms with van der Waals surface area (Å²) in [5.74, 6) is -0.0944. The van der Waals surface area contributed by atoms with Crippen molar-refractivity contribution in [1.29, 1.82) is 0 Å². The molecule has 2 rings (SSSR count). The van der Waals surface area contributed by atoms with Crippen molar-refractivity contribution >= 4 is 11.6 Å². The molecule has 22 heavy (non-hydrogen) atoms. The molecule has 0 unspecified atom stereocenters. The van der Waals surface area contributed by atoms with Gasteiger partial charge in [0.1, 0.15) is 0 Å². The van der Waals surface area contributed by atoms with Crippen LogP contribution in [-0.2, 0) is 6.54 Å². The fraction of sp³-hybridized carbons (Fsp3) is 0.333. The van der Waals surface area contributed by atoms with Gasteiger partial charge in [-0.3, -0.25) is 9.78 Å². The van der Waals surface area contributed by atoms with E-state index in [-0.39, 0.29) is 5.91 Å². The van der Waals surface area contributed by atoms with Gasteiger partial charge in [-0.2, -0.15) is 0 Å². The molecule has 4 nitrogen and oxygen atoms in total. The number of nitrogens with zero attached hydrogens (tertiary/aromatic N) is 2. The number of anilines is 1. The number of hydrogen-bond donors (Lipinski definition) is 1. The van der Waals surface area contributed by atoms with Gasteiger partial charge < -0.3 is 10.2 Å². The maximum absolute atomic E-state index is 12.3. The molecule has 0 aliphatic rings. The third-order valence-corrected chi connectivity index (χ3v) is 3.65. The first-order valence-corrected chi connectivity index (χ1v) is 7.67. The lowest BCUT2D eigenvalue weighted by atomic mass is 10.1. The Morgan fingerprint density at radius 2 is 1.95 bits per heavy atom. The van der Waals surface area contributed by atoms with Crippen molar-refractivity contribution in [2.24, 2.45) is 0 Å². The summed E-state index contributed by atoms with van der Waals surface area (Å²) in [6.45, 7) is 8.54. The predicted octanol–water partition coefficient (Wildman–Crippen LogP) is 3.17. The van der Waals surface area contributed by atoms with Gasteiger partial charge in [-0.1, -0.05) is 29.8 Å². The number of aryl methyl sites for hydroxylation is 1. The number of nitrogens with one attached hydrogen (secondary N) is 1. The van der Waals surface area contributed by atoms with Gasteiger partial charge >= 0.3 is 0 Å². The van der Waals surface area contributed by atoms with Crippen LogP contribution in [0.5, 0.6) is 0 Å². The molecule has 0 saturated heterocycles. The number of carbonyl (C=O) groups is 1. The molecule has 1 aromatic heterocycles. The molecule has 1 aromatic carbocycles. The summed E-state index contributed by atoms with van der Waals surface area (Å²) in [6.07, 6.45) is 3.41. The van der Waals surface area contributed by atoms with Crippen LogP contribution in [0.1, 0.15) is 35.3 Å². The Hall–Kier alpha value is -2.36. The van der Waals surface area contributed by atoms with E-state index in [0.717, 1.165) is 24.3 Å². The molecule has 0 radical (unpaired) electrons. The second-order valence-corrected chi connectivity index (χ2v) is 5.28. The topological polar surface area (TPSA) is 45.2 Å². The zero-order chi connectivity index (χ0) is 15.9. The van der Waals surface area contributed by atoms with Gasteiger partial charge in [0.15, 0.2) is 0 Å². The average molecular weight is 297 g/mol. The van der Waals surface area contributed by atoms with Crippen molar-refractivity contribution in [2.45, 2.75) is 27.3 Å². The highest BCUT2D eigenvalue weighted by Crippen LogP contribution is 2.14. The molecular formula is C18H23N3O. The molecule has 0 saturated carbocycles. The number of pyridine rings is 1. The largest absolute Gasteiger partial charge is 0.371 e. The van der Waals surface area contributed by atoms with E-state index < -0.39 is 0 Å². The summed E-state index contributed by atoms with van der Waals surface area (Å²) >= 11 is 0. The fourth-order valence-electron chi connectivity index (χ4n) is 2.42. The Morgan fingerprint density at radius 1 is 1.18 bits per heavy atom. The zero-order valence-electron chi connectivity index (χ0n) is 13.5.